The molecule has 34 heavy (non-hydrogen) atoms. The fourth-order valence-electron chi connectivity index (χ4n) is 4.52. The van der Waals surface area contributed by atoms with Gasteiger partial charge in [-0.05, 0) is 68.4 Å². The standard InChI is InChI=1S/C25H34N4O4S/c1-26(22-8-10-23(33-2)11-9-22)34(31,32)24-7-5-6-21(20-24)25(30)29-18-16-28(17-19-29)15-14-27-12-3-4-13-27/h5-11,20H,3-4,12-19H2,1-2H3. The van der Waals surface area contributed by atoms with Gasteiger partial charge < -0.3 is 14.5 Å². The van der Waals surface area contributed by atoms with Gasteiger partial charge in [0.25, 0.3) is 15.9 Å². The van der Waals surface area contributed by atoms with E-state index < -0.39 is 10.0 Å². The predicted octanol–water partition coefficient (Wildman–Crippen LogP) is 2.37. The van der Waals surface area contributed by atoms with Gasteiger partial charge in [-0.25, -0.2) is 8.42 Å². The second-order valence-corrected chi connectivity index (χ2v) is 10.9. The van der Waals surface area contributed by atoms with Crippen LogP contribution in [0.25, 0.3) is 0 Å². The fraction of sp³-hybridized carbons (Fsp3) is 0.480. The van der Waals surface area contributed by atoms with Crippen molar-refractivity contribution in [3.63, 3.8) is 0 Å². The SMILES string of the molecule is COc1ccc(N(C)S(=O)(=O)c2cccc(C(=O)N3CCN(CCN4CCCC4)CC3)c2)cc1. The first-order valence-corrected chi connectivity index (χ1v) is 13.3. The molecule has 0 radical (unpaired) electrons. The maximum absolute atomic E-state index is 13.2. The number of amides is 1. The lowest BCUT2D eigenvalue weighted by atomic mass is 10.2. The third-order valence-corrected chi connectivity index (χ3v) is 8.55. The number of rotatable bonds is 8. The summed E-state index contributed by atoms with van der Waals surface area (Å²) < 4.78 is 32.8. The number of piperazine rings is 1. The summed E-state index contributed by atoms with van der Waals surface area (Å²) in [5.74, 6) is 0.529. The van der Waals surface area contributed by atoms with Gasteiger partial charge in [0.05, 0.1) is 17.7 Å². The molecule has 0 aliphatic carbocycles. The van der Waals surface area contributed by atoms with Gasteiger partial charge in [-0.15, -0.1) is 0 Å². The van der Waals surface area contributed by atoms with Gasteiger partial charge in [-0.2, -0.15) is 0 Å². The number of hydrogen-bond donors (Lipinski definition) is 0. The average Bonchev–Trinajstić information content (AvgIpc) is 3.41. The highest BCUT2D eigenvalue weighted by Crippen LogP contribution is 2.25. The third kappa shape index (κ3) is 5.54. The molecule has 0 atom stereocenters. The monoisotopic (exact) mass is 486 g/mol. The van der Waals surface area contributed by atoms with E-state index in [0.717, 1.165) is 26.2 Å². The van der Waals surface area contributed by atoms with Gasteiger partial charge in [0.15, 0.2) is 0 Å². The zero-order valence-corrected chi connectivity index (χ0v) is 20.8. The van der Waals surface area contributed by atoms with Crippen molar-refractivity contribution in [1.82, 2.24) is 14.7 Å². The van der Waals surface area contributed by atoms with Crippen molar-refractivity contribution in [1.29, 1.82) is 0 Å². The predicted molar refractivity (Wildman–Crippen MR) is 133 cm³/mol. The van der Waals surface area contributed by atoms with E-state index in [1.807, 2.05) is 4.90 Å². The van der Waals surface area contributed by atoms with Crippen LogP contribution < -0.4 is 9.04 Å². The number of hydrogen-bond acceptors (Lipinski definition) is 6. The lowest BCUT2D eigenvalue weighted by Gasteiger charge is -2.35. The summed E-state index contributed by atoms with van der Waals surface area (Å²) in [4.78, 5) is 20.0. The molecule has 0 unspecified atom stereocenters. The molecule has 184 valence electrons. The molecular weight excluding hydrogens is 452 g/mol. The molecule has 0 aromatic heterocycles. The number of carbonyl (C=O) groups is 1. The number of nitrogens with zero attached hydrogens (tertiary/aromatic N) is 4. The molecule has 1 amide bonds. The molecule has 2 heterocycles. The minimum atomic E-state index is -3.81. The Morgan fingerprint density at radius 2 is 1.53 bits per heavy atom. The van der Waals surface area contributed by atoms with Gasteiger partial charge in [0.1, 0.15) is 5.75 Å². The van der Waals surface area contributed by atoms with E-state index in [-0.39, 0.29) is 10.8 Å². The summed E-state index contributed by atoms with van der Waals surface area (Å²) >= 11 is 0. The number of benzene rings is 2. The van der Waals surface area contributed by atoms with Crippen LogP contribution in [-0.4, -0.2) is 95.5 Å². The van der Waals surface area contributed by atoms with Crippen molar-refractivity contribution in [3.8, 4) is 5.75 Å². The van der Waals surface area contributed by atoms with E-state index in [2.05, 4.69) is 9.80 Å². The zero-order valence-electron chi connectivity index (χ0n) is 20.0. The molecule has 4 rings (SSSR count). The molecule has 9 heteroatoms. The van der Waals surface area contributed by atoms with E-state index in [1.54, 1.807) is 43.5 Å². The number of anilines is 1. The van der Waals surface area contributed by atoms with Crippen molar-refractivity contribution < 1.29 is 17.9 Å². The molecule has 2 fully saturated rings. The van der Waals surface area contributed by atoms with Crippen LogP contribution in [0.15, 0.2) is 53.4 Å². The third-order valence-electron chi connectivity index (χ3n) is 6.77. The lowest BCUT2D eigenvalue weighted by Crippen LogP contribution is -2.50. The highest BCUT2D eigenvalue weighted by molar-refractivity contribution is 7.92. The Labute approximate surface area is 202 Å². The van der Waals surface area contributed by atoms with Crippen LogP contribution >= 0.6 is 0 Å². The summed E-state index contributed by atoms with van der Waals surface area (Å²) in [6, 6.07) is 13.1. The Kier molecular flexibility index (Phi) is 7.75. The van der Waals surface area contributed by atoms with E-state index in [4.69, 9.17) is 4.74 Å². The first kappa shape index (κ1) is 24.5. The second kappa shape index (κ2) is 10.8. The molecule has 2 aromatic rings. The Morgan fingerprint density at radius 3 is 2.15 bits per heavy atom. The molecule has 0 saturated carbocycles. The first-order chi connectivity index (χ1) is 16.4. The van der Waals surface area contributed by atoms with Gasteiger partial charge in [0.2, 0.25) is 0 Å². The Morgan fingerprint density at radius 1 is 0.912 bits per heavy atom. The van der Waals surface area contributed by atoms with Crippen LogP contribution in [0.2, 0.25) is 0 Å². The molecule has 2 aliphatic rings. The van der Waals surface area contributed by atoms with Crippen LogP contribution in [-0.2, 0) is 10.0 Å². The molecule has 0 spiro atoms. The summed E-state index contributed by atoms with van der Waals surface area (Å²) in [5, 5.41) is 0. The number of methoxy groups -OCH3 is 1. The van der Waals surface area contributed by atoms with Gasteiger partial charge in [-0.3, -0.25) is 14.0 Å². The van der Waals surface area contributed by atoms with Crippen molar-refractivity contribution in [3.05, 3.63) is 54.1 Å². The van der Waals surface area contributed by atoms with Crippen molar-refractivity contribution >= 4 is 21.6 Å². The summed E-state index contributed by atoms with van der Waals surface area (Å²) in [5.41, 5.74) is 0.914. The Balaban J connectivity index is 1.38. The van der Waals surface area contributed by atoms with Crippen LogP contribution in [0, 0.1) is 0 Å². The number of ether oxygens (including phenoxy) is 1. The molecule has 2 aromatic carbocycles. The van der Waals surface area contributed by atoms with Gasteiger partial charge in [0, 0.05) is 51.9 Å². The smallest absolute Gasteiger partial charge is 0.264 e. The second-order valence-electron chi connectivity index (χ2n) is 8.88. The average molecular weight is 487 g/mol. The molecule has 0 N–H and O–H groups in total. The van der Waals surface area contributed by atoms with E-state index in [9.17, 15) is 13.2 Å². The van der Waals surface area contributed by atoms with Crippen LogP contribution in [0.1, 0.15) is 23.2 Å². The topological polar surface area (TPSA) is 73.4 Å². The lowest BCUT2D eigenvalue weighted by molar-refractivity contribution is 0.0626. The van der Waals surface area contributed by atoms with Crippen molar-refractivity contribution in [2.75, 3.05) is 70.8 Å². The molecule has 2 saturated heterocycles. The largest absolute Gasteiger partial charge is 0.497 e. The van der Waals surface area contributed by atoms with Gasteiger partial charge in [-0.1, -0.05) is 6.07 Å². The van der Waals surface area contributed by atoms with E-state index in [0.29, 0.717) is 30.1 Å². The van der Waals surface area contributed by atoms with Crippen LogP contribution in [0.4, 0.5) is 5.69 Å². The molecule has 8 nitrogen and oxygen atoms in total. The van der Waals surface area contributed by atoms with Gasteiger partial charge >= 0.3 is 0 Å². The summed E-state index contributed by atoms with van der Waals surface area (Å²) in [6.07, 6.45) is 2.60. The van der Waals surface area contributed by atoms with Crippen LogP contribution in [0.5, 0.6) is 5.75 Å². The van der Waals surface area contributed by atoms with E-state index >= 15 is 0 Å². The number of carbonyl (C=O) groups excluding carboxylic acids is 1. The van der Waals surface area contributed by atoms with Crippen molar-refractivity contribution in [2.45, 2.75) is 17.7 Å². The first-order valence-electron chi connectivity index (χ1n) is 11.9. The molecule has 2 aliphatic heterocycles. The summed E-state index contributed by atoms with van der Waals surface area (Å²) in [7, 11) is -0.745. The quantitative estimate of drug-likeness (QED) is 0.571. The fourth-order valence-corrected chi connectivity index (χ4v) is 5.77. The zero-order chi connectivity index (χ0) is 24.1. The Hall–Kier alpha value is -2.62. The van der Waals surface area contributed by atoms with Crippen LogP contribution in [0.3, 0.4) is 0 Å². The summed E-state index contributed by atoms with van der Waals surface area (Å²) in [6.45, 7) is 7.53. The molecule has 0 bridgehead atoms. The maximum atomic E-state index is 13.2. The minimum Gasteiger partial charge on any atom is -0.497 e. The van der Waals surface area contributed by atoms with Crippen molar-refractivity contribution in [2.24, 2.45) is 0 Å². The Bertz CT molecular complexity index is 1080. The minimum absolute atomic E-state index is 0.0981. The molecular formula is C25H34N4O4S. The number of sulfonamides is 1. The highest BCUT2D eigenvalue weighted by atomic mass is 32.2. The van der Waals surface area contributed by atoms with E-state index in [1.165, 1.54) is 49.4 Å². The highest BCUT2D eigenvalue weighted by Gasteiger charge is 2.26. The maximum Gasteiger partial charge on any atom is 0.264 e. The number of likely N-dealkylation sites (tertiary alicyclic amines) is 1. The normalized spacial score (nSPS) is 17.6.